The Labute approximate surface area is 111 Å². The summed E-state index contributed by atoms with van der Waals surface area (Å²) in [6, 6.07) is 0.379. The second kappa shape index (κ2) is 6.02. The molecule has 0 saturated carbocycles. The number of hydrogen-bond donors (Lipinski definition) is 2. The Morgan fingerprint density at radius 2 is 2.11 bits per heavy atom. The number of carbonyl (C=O) groups excluding carboxylic acids is 1. The number of rotatable bonds is 5. The maximum atomic E-state index is 11.8. The molecule has 0 aromatic heterocycles. The van der Waals surface area contributed by atoms with Gasteiger partial charge >= 0.3 is 0 Å². The summed E-state index contributed by atoms with van der Waals surface area (Å²) in [5, 5.41) is 6.37. The maximum Gasteiger partial charge on any atom is 0.234 e. The van der Waals surface area contributed by atoms with E-state index in [4.69, 9.17) is 4.74 Å². The highest BCUT2D eigenvalue weighted by atomic mass is 16.5. The molecule has 2 N–H and O–H groups in total. The zero-order chi connectivity index (χ0) is 13.8. The van der Waals surface area contributed by atoms with Crippen LogP contribution in [0.4, 0.5) is 0 Å². The lowest BCUT2D eigenvalue weighted by atomic mass is 9.94. The van der Waals surface area contributed by atoms with Gasteiger partial charge < -0.3 is 15.4 Å². The van der Waals surface area contributed by atoms with Crippen molar-refractivity contribution in [2.45, 2.75) is 71.1 Å². The van der Waals surface area contributed by atoms with Crippen LogP contribution in [0, 0.1) is 0 Å². The lowest BCUT2D eigenvalue weighted by Crippen LogP contribution is -2.50. The molecular formula is C14H28N2O2. The van der Waals surface area contributed by atoms with Gasteiger partial charge in [0.1, 0.15) is 0 Å². The Kier molecular flexibility index (Phi) is 5.17. The third-order valence-corrected chi connectivity index (χ3v) is 3.61. The SMILES string of the molecule is CCC(C)(C)NC(=O)CNC1CCOC(C)(C)C1. The van der Waals surface area contributed by atoms with Gasteiger partial charge in [-0.15, -0.1) is 0 Å². The monoisotopic (exact) mass is 256 g/mol. The third-order valence-electron chi connectivity index (χ3n) is 3.61. The Bertz CT molecular complexity index is 288. The van der Waals surface area contributed by atoms with Crippen molar-refractivity contribution in [3.63, 3.8) is 0 Å². The minimum Gasteiger partial charge on any atom is -0.375 e. The fourth-order valence-corrected chi connectivity index (χ4v) is 2.15. The van der Waals surface area contributed by atoms with Gasteiger partial charge in [0.25, 0.3) is 0 Å². The van der Waals surface area contributed by atoms with Gasteiger partial charge in [0, 0.05) is 18.2 Å². The van der Waals surface area contributed by atoms with Gasteiger partial charge in [-0.05, 0) is 47.0 Å². The number of carbonyl (C=O) groups is 1. The molecular weight excluding hydrogens is 228 g/mol. The van der Waals surface area contributed by atoms with Gasteiger partial charge in [0.15, 0.2) is 0 Å². The highest BCUT2D eigenvalue weighted by Gasteiger charge is 2.29. The van der Waals surface area contributed by atoms with Gasteiger partial charge in [-0.3, -0.25) is 4.79 Å². The van der Waals surface area contributed by atoms with Gasteiger partial charge in [-0.2, -0.15) is 0 Å². The lowest BCUT2D eigenvalue weighted by Gasteiger charge is -2.36. The number of amides is 1. The van der Waals surface area contributed by atoms with E-state index in [1.54, 1.807) is 0 Å². The molecule has 1 rings (SSSR count). The molecule has 0 aromatic rings. The summed E-state index contributed by atoms with van der Waals surface area (Å²) in [4.78, 5) is 11.8. The molecule has 1 unspecified atom stereocenters. The first kappa shape index (κ1) is 15.4. The smallest absolute Gasteiger partial charge is 0.234 e. The minimum absolute atomic E-state index is 0.0743. The van der Waals surface area contributed by atoms with E-state index in [1.165, 1.54) is 0 Å². The van der Waals surface area contributed by atoms with Crippen LogP contribution in [-0.4, -0.2) is 36.2 Å². The minimum atomic E-state index is -0.117. The number of ether oxygens (including phenoxy) is 1. The summed E-state index contributed by atoms with van der Waals surface area (Å²) in [7, 11) is 0. The van der Waals surface area contributed by atoms with Crippen LogP contribution in [0.5, 0.6) is 0 Å². The molecule has 0 radical (unpaired) electrons. The van der Waals surface area contributed by atoms with Gasteiger partial charge in [-0.25, -0.2) is 0 Å². The quantitative estimate of drug-likeness (QED) is 0.789. The first-order valence-electron chi connectivity index (χ1n) is 6.92. The van der Waals surface area contributed by atoms with Crippen LogP contribution in [0.25, 0.3) is 0 Å². The first-order chi connectivity index (χ1) is 8.24. The summed E-state index contributed by atoms with van der Waals surface area (Å²) < 4.78 is 5.66. The molecule has 106 valence electrons. The van der Waals surface area contributed by atoms with E-state index < -0.39 is 0 Å². The largest absolute Gasteiger partial charge is 0.375 e. The van der Waals surface area contributed by atoms with E-state index in [0.29, 0.717) is 12.6 Å². The molecule has 1 aliphatic heterocycles. The van der Waals surface area contributed by atoms with Crippen molar-refractivity contribution in [2.24, 2.45) is 0 Å². The standard InChI is InChI=1S/C14H28N2O2/c1-6-13(2,3)16-12(17)10-15-11-7-8-18-14(4,5)9-11/h11,15H,6-10H2,1-5H3,(H,16,17). The molecule has 1 aliphatic rings. The topological polar surface area (TPSA) is 50.4 Å². The Morgan fingerprint density at radius 3 is 2.67 bits per heavy atom. The van der Waals surface area contributed by atoms with E-state index >= 15 is 0 Å². The summed E-state index contributed by atoms with van der Waals surface area (Å²) in [6.45, 7) is 11.5. The Morgan fingerprint density at radius 1 is 1.44 bits per heavy atom. The molecule has 0 aromatic carbocycles. The molecule has 0 spiro atoms. The molecule has 0 bridgehead atoms. The summed E-state index contributed by atoms with van der Waals surface area (Å²) in [5.41, 5.74) is -0.192. The number of nitrogens with one attached hydrogen (secondary N) is 2. The van der Waals surface area contributed by atoms with Crippen LogP contribution in [0.15, 0.2) is 0 Å². The fraction of sp³-hybridized carbons (Fsp3) is 0.929. The van der Waals surface area contributed by atoms with Crippen LogP contribution in [-0.2, 0) is 9.53 Å². The van der Waals surface area contributed by atoms with Gasteiger partial charge in [0.05, 0.1) is 12.1 Å². The maximum absolute atomic E-state index is 11.8. The second-order valence-corrected chi connectivity index (χ2v) is 6.46. The molecule has 4 nitrogen and oxygen atoms in total. The van der Waals surface area contributed by atoms with E-state index in [2.05, 4.69) is 31.4 Å². The van der Waals surface area contributed by atoms with Crippen LogP contribution in [0.1, 0.15) is 53.9 Å². The van der Waals surface area contributed by atoms with E-state index in [1.807, 2.05) is 13.8 Å². The molecule has 0 aliphatic carbocycles. The van der Waals surface area contributed by atoms with E-state index in [-0.39, 0.29) is 17.0 Å². The van der Waals surface area contributed by atoms with Gasteiger partial charge in [-0.1, -0.05) is 6.92 Å². The van der Waals surface area contributed by atoms with Crippen molar-refractivity contribution < 1.29 is 9.53 Å². The van der Waals surface area contributed by atoms with Crippen LogP contribution < -0.4 is 10.6 Å². The Hall–Kier alpha value is -0.610. The molecule has 4 heteroatoms. The highest BCUT2D eigenvalue weighted by Crippen LogP contribution is 2.23. The van der Waals surface area contributed by atoms with E-state index in [0.717, 1.165) is 25.9 Å². The second-order valence-electron chi connectivity index (χ2n) is 6.46. The predicted molar refractivity (Wildman–Crippen MR) is 73.6 cm³/mol. The Balaban J connectivity index is 2.30. The van der Waals surface area contributed by atoms with Gasteiger partial charge in [0.2, 0.25) is 5.91 Å². The zero-order valence-corrected chi connectivity index (χ0v) is 12.4. The van der Waals surface area contributed by atoms with E-state index in [9.17, 15) is 4.79 Å². The third kappa shape index (κ3) is 5.36. The van der Waals surface area contributed by atoms with Crippen molar-refractivity contribution in [2.75, 3.05) is 13.2 Å². The van der Waals surface area contributed by atoms with Crippen LogP contribution >= 0.6 is 0 Å². The molecule has 1 saturated heterocycles. The van der Waals surface area contributed by atoms with Crippen molar-refractivity contribution in [1.29, 1.82) is 0 Å². The summed E-state index contributed by atoms with van der Waals surface area (Å²) in [5.74, 6) is 0.0751. The molecule has 1 fully saturated rings. The van der Waals surface area contributed by atoms with Crippen molar-refractivity contribution in [1.82, 2.24) is 10.6 Å². The fourth-order valence-electron chi connectivity index (χ4n) is 2.15. The predicted octanol–water partition coefficient (Wildman–Crippen LogP) is 1.84. The first-order valence-corrected chi connectivity index (χ1v) is 6.92. The van der Waals surface area contributed by atoms with Crippen LogP contribution in [0.2, 0.25) is 0 Å². The average molecular weight is 256 g/mol. The summed E-state index contributed by atoms with van der Waals surface area (Å²) in [6.07, 6.45) is 2.87. The molecule has 1 heterocycles. The van der Waals surface area contributed by atoms with Crippen LogP contribution in [0.3, 0.4) is 0 Å². The van der Waals surface area contributed by atoms with Crippen molar-refractivity contribution >= 4 is 5.91 Å². The zero-order valence-electron chi connectivity index (χ0n) is 12.4. The molecule has 1 amide bonds. The lowest BCUT2D eigenvalue weighted by molar-refractivity contribution is -0.122. The summed E-state index contributed by atoms with van der Waals surface area (Å²) >= 11 is 0. The normalized spacial score (nSPS) is 23.7. The highest BCUT2D eigenvalue weighted by molar-refractivity contribution is 5.78. The average Bonchev–Trinajstić information content (AvgIpc) is 2.25. The van der Waals surface area contributed by atoms with Crippen molar-refractivity contribution in [3.05, 3.63) is 0 Å². The number of hydrogen-bond acceptors (Lipinski definition) is 3. The molecule has 1 atom stereocenters. The molecule has 18 heavy (non-hydrogen) atoms. The van der Waals surface area contributed by atoms with Crippen molar-refractivity contribution in [3.8, 4) is 0 Å².